The molecule has 0 N–H and O–H groups in total. The Balaban J connectivity index is 1.71. The van der Waals surface area contributed by atoms with Gasteiger partial charge in [-0.05, 0) is 30.7 Å². The largest absolute Gasteiger partial charge is 0.456 e. The molecule has 0 spiro atoms. The summed E-state index contributed by atoms with van der Waals surface area (Å²) in [6.07, 6.45) is 0.696. The second-order valence-electron chi connectivity index (χ2n) is 6.73. The van der Waals surface area contributed by atoms with E-state index in [0.29, 0.717) is 40.3 Å². The molecule has 4 rings (SSSR count). The lowest BCUT2D eigenvalue weighted by Gasteiger charge is -2.11. The zero-order chi connectivity index (χ0) is 21.3. The number of fused-ring (bicyclic) bond motifs is 2. The third kappa shape index (κ3) is 3.78. The maximum atomic E-state index is 12.9. The molecule has 152 valence electrons. The number of halogens is 1. The average Bonchev–Trinajstić information content (AvgIpc) is 2.73. The van der Waals surface area contributed by atoms with E-state index in [-0.39, 0.29) is 17.9 Å². The first-order valence-electron chi connectivity index (χ1n) is 9.37. The number of rotatable bonds is 5. The Bertz CT molecular complexity index is 1390. The van der Waals surface area contributed by atoms with E-state index < -0.39 is 11.6 Å². The monoisotopic (exact) mass is 468 g/mol. The van der Waals surface area contributed by atoms with Gasteiger partial charge in [0.25, 0.3) is 5.56 Å². The van der Waals surface area contributed by atoms with Crippen LogP contribution in [0.1, 0.15) is 29.4 Å². The first kappa shape index (κ1) is 20.0. The van der Waals surface area contributed by atoms with E-state index in [1.165, 1.54) is 10.7 Å². The molecule has 7 nitrogen and oxygen atoms in total. The maximum absolute atomic E-state index is 12.9. The second-order valence-corrected chi connectivity index (χ2v) is 7.65. The molecule has 0 aliphatic carbocycles. The van der Waals surface area contributed by atoms with Gasteiger partial charge < -0.3 is 9.15 Å². The number of carbonyl (C=O) groups excluding carboxylic acids is 1. The summed E-state index contributed by atoms with van der Waals surface area (Å²) in [7, 11) is 0. The molecule has 0 aliphatic rings. The zero-order valence-electron chi connectivity index (χ0n) is 16.1. The van der Waals surface area contributed by atoms with E-state index >= 15 is 0 Å². The van der Waals surface area contributed by atoms with Crippen LogP contribution in [0.4, 0.5) is 0 Å². The predicted molar refractivity (Wildman–Crippen MR) is 116 cm³/mol. The molecule has 2 heterocycles. The second kappa shape index (κ2) is 8.23. The highest BCUT2D eigenvalue weighted by Crippen LogP contribution is 2.23. The van der Waals surface area contributed by atoms with Gasteiger partial charge >= 0.3 is 11.6 Å². The standard InChI is InChI=1S/C22H17BrN2O5/c1-2-9-25-21(27)17-6-4-3-5-16(17)20(24-25)22(28)29-12-13-10-19(26)30-18-11-14(23)7-8-15(13)18/h3-8,10-11H,2,9,12H2,1H3. The van der Waals surface area contributed by atoms with Crippen molar-refractivity contribution in [3.05, 3.63) is 85.0 Å². The van der Waals surface area contributed by atoms with Crippen molar-refractivity contribution in [3.63, 3.8) is 0 Å². The fourth-order valence-electron chi connectivity index (χ4n) is 3.28. The van der Waals surface area contributed by atoms with Crippen molar-refractivity contribution >= 4 is 43.6 Å². The van der Waals surface area contributed by atoms with Crippen LogP contribution >= 0.6 is 15.9 Å². The normalized spacial score (nSPS) is 11.1. The number of carbonyl (C=O) groups is 1. The van der Waals surface area contributed by atoms with Crippen LogP contribution < -0.4 is 11.2 Å². The Morgan fingerprint density at radius 3 is 2.63 bits per heavy atom. The third-order valence-electron chi connectivity index (χ3n) is 4.65. The molecule has 4 aromatic rings. The topological polar surface area (TPSA) is 91.4 Å². The summed E-state index contributed by atoms with van der Waals surface area (Å²) in [5.41, 5.74) is 0.193. The Hall–Kier alpha value is -3.26. The number of aryl methyl sites for hydroxylation is 1. The van der Waals surface area contributed by atoms with E-state index in [2.05, 4.69) is 21.0 Å². The molecule has 0 atom stereocenters. The summed E-state index contributed by atoms with van der Waals surface area (Å²) in [5.74, 6) is -0.672. The predicted octanol–water partition coefficient (Wildman–Crippen LogP) is 4.03. The molecule has 0 saturated heterocycles. The van der Waals surface area contributed by atoms with Gasteiger partial charge in [-0.1, -0.05) is 41.1 Å². The summed E-state index contributed by atoms with van der Waals surface area (Å²) in [4.78, 5) is 37.3. The van der Waals surface area contributed by atoms with Crippen molar-refractivity contribution in [3.8, 4) is 0 Å². The molecule has 0 saturated carbocycles. The van der Waals surface area contributed by atoms with E-state index in [9.17, 15) is 14.4 Å². The van der Waals surface area contributed by atoms with Crippen LogP contribution in [-0.4, -0.2) is 15.7 Å². The molecule has 0 aliphatic heterocycles. The fourth-order valence-corrected chi connectivity index (χ4v) is 3.62. The van der Waals surface area contributed by atoms with Gasteiger partial charge in [0.15, 0.2) is 5.69 Å². The number of hydrogen-bond donors (Lipinski definition) is 0. The van der Waals surface area contributed by atoms with Crippen LogP contribution in [0.3, 0.4) is 0 Å². The molecule has 30 heavy (non-hydrogen) atoms. The van der Waals surface area contributed by atoms with Crippen LogP contribution in [0.2, 0.25) is 0 Å². The smallest absolute Gasteiger partial charge is 0.359 e. The number of hydrogen-bond acceptors (Lipinski definition) is 6. The molecule has 0 bridgehead atoms. The first-order chi connectivity index (χ1) is 14.5. The summed E-state index contributed by atoms with van der Waals surface area (Å²) in [5, 5.41) is 5.74. The minimum absolute atomic E-state index is 0.0636. The van der Waals surface area contributed by atoms with E-state index in [1.54, 1.807) is 36.4 Å². The lowest BCUT2D eigenvalue weighted by Crippen LogP contribution is -2.26. The number of aromatic nitrogens is 2. The van der Waals surface area contributed by atoms with Gasteiger partial charge in [0.05, 0.1) is 5.39 Å². The average molecular weight is 469 g/mol. The number of nitrogens with zero attached hydrogens (tertiary/aromatic N) is 2. The van der Waals surface area contributed by atoms with Gasteiger partial charge in [0.1, 0.15) is 12.2 Å². The summed E-state index contributed by atoms with van der Waals surface area (Å²) in [6, 6.07) is 13.4. The fraction of sp³-hybridized carbons (Fsp3) is 0.182. The van der Waals surface area contributed by atoms with Gasteiger partial charge in [0, 0.05) is 33.4 Å². The van der Waals surface area contributed by atoms with Crippen LogP contribution in [0, 0.1) is 0 Å². The van der Waals surface area contributed by atoms with Crippen LogP contribution in [-0.2, 0) is 17.9 Å². The highest BCUT2D eigenvalue weighted by atomic mass is 79.9. The van der Waals surface area contributed by atoms with Crippen molar-refractivity contribution in [2.24, 2.45) is 0 Å². The Kier molecular flexibility index (Phi) is 5.50. The molecule has 0 radical (unpaired) electrons. The van der Waals surface area contributed by atoms with Gasteiger partial charge in [-0.2, -0.15) is 5.10 Å². The van der Waals surface area contributed by atoms with Gasteiger partial charge in [-0.25, -0.2) is 14.3 Å². The summed E-state index contributed by atoms with van der Waals surface area (Å²) in [6.45, 7) is 2.18. The van der Waals surface area contributed by atoms with E-state index in [4.69, 9.17) is 9.15 Å². The highest BCUT2D eigenvalue weighted by molar-refractivity contribution is 9.10. The van der Waals surface area contributed by atoms with Gasteiger partial charge in [-0.15, -0.1) is 0 Å². The molecule has 2 aromatic carbocycles. The van der Waals surface area contributed by atoms with Crippen LogP contribution in [0.5, 0.6) is 0 Å². The number of ether oxygens (including phenoxy) is 1. The Morgan fingerprint density at radius 1 is 1.10 bits per heavy atom. The summed E-state index contributed by atoms with van der Waals surface area (Å²) < 4.78 is 12.7. The number of benzene rings is 2. The zero-order valence-corrected chi connectivity index (χ0v) is 17.6. The van der Waals surface area contributed by atoms with Crippen molar-refractivity contribution in [1.29, 1.82) is 0 Å². The lowest BCUT2D eigenvalue weighted by molar-refractivity contribution is 0.0466. The third-order valence-corrected chi connectivity index (χ3v) is 5.14. The molecule has 0 unspecified atom stereocenters. The number of esters is 1. The first-order valence-corrected chi connectivity index (χ1v) is 10.2. The molecule has 8 heteroatoms. The molecule has 0 amide bonds. The van der Waals surface area contributed by atoms with E-state index in [1.807, 2.05) is 13.0 Å². The lowest BCUT2D eigenvalue weighted by atomic mass is 10.1. The van der Waals surface area contributed by atoms with Crippen LogP contribution in [0.15, 0.2) is 67.0 Å². The Morgan fingerprint density at radius 2 is 1.87 bits per heavy atom. The highest BCUT2D eigenvalue weighted by Gasteiger charge is 2.18. The maximum Gasteiger partial charge on any atom is 0.359 e. The molecular formula is C22H17BrN2O5. The molecule has 2 aromatic heterocycles. The van der Waals surface area contributed by atoms with Crippen molar-refractivity contribution < 1.29 is 13.9 Å². The molecular weight excluding hydrogens is 452 g/mol. The van der Waals surface area contributed by atoms with Crippen molar-refractivity contribution in [2.45, 2.75) is 26.5 Å². The van der Waals surface area contributed by atoms with Gasteiger partial charge in [0.2, 0.25) is 0 Å². The molecule has 0 fully saturated rings. The van der Waals surface area contributed by atoms with Crippen LogP contribution in [0.25, 0.3) is 21.7 Å². The van der Waals surface area contributed by atoms with Crippen molar-refractivity contribution in [2.75, 3.05) is 0 Å². The SMILES string of the molecule is CCCn1nc(C(=O)OCc2cc(=O)oc3cc(Br)ccc23)c2ccccc2c1=O. The van der Waals surface area contributed by atoms with Crippen molar-refractivity contribution in [1.82, 2.24) is 9.78 Å². The van der Waals surface area contributed by atoms with Gasteiger partial charge in [-0.3, -0.25) is 4.79 Å². The minimum Gasteiger partial charge on any atom is -0.456 e. The minimum atomic E-state index is -0.672. The quantitative estimate of drug-likeness (QED) is 0.324. The Labute approximate surface area is 179 Å². The van der Waals surface area contributed by atoms with E-state index in [0.717, 1.165) is 4.47 Å². The summed E-state index contributed by atoms with van der Waals surface area (Å²) >= 11 is 3.34.